The number of Topliss-reactive ketones (excluding diaryl/α,β-unsaturated/α-hetero) is 1. The molecule has 0 saturated heterocycles. The van der Waals surface area contributed by atoms with Gasteiger partial charge in [0.05, 0.1) is 5.02 Å². The normalized spacial score (nSPS) is 15.1. The van der Waals surface area contributed by atoms with Crippen LogP contribution in [0.5, 0.6) is 0 Å². The van der Waals surface area contributed by atoms with E-state index in [1.54, 1.807) is 12.1 Å². The molecule has 2 nitrogen and oxygen atoms in total. The quantitative estimate of drug-likeness (QED) is 0.653. The van der Waals surface area contributed by atoms with Crippen molar-refractivity contribution in [3.8, 4) is 0 Å². The van der Waals surface area contributed by atoms with E-state index in [-0.39, 0.29) is 5.78 Å². The maximum Gasteiger partial charge on any atom is 0.165 e. The molecule has 0 aromatic heterocycles. The summed E-state index contributed by atoms with van der Waals surface area (Å²) in [5.74, 6) is 0.979. The molecule has 0 bridgehead atoms. The van der Waals surface area contributed by atoms with Crippen molar-refractivity contribution in [2.45, 2.75) is 39.2 Å². The van der Waals surface area contributed by atoms with Crippen LogP contribution in [-0.4, -0.2) is 29.8 Å². The van der Waals surface area contributed by atoms with Gasteiger partial charge in [0.2, 0.25) is 0 Å². The Morgan fingerprint density at radius 3 is 2.70 bits per heavy atom. The highest BCUT2D eigenvalue weighted by Crippen LogP contribution is 2.30. The van der Waals surface area contributed by atoms with Crippen molar-refractivity contribution in [2.75, 3.05) is 13.1 Å². The molecule has 1 aliphatic carbocycles. The summed E-state index contributed by atoms with van der Waals surface area (Å²) < 4.78 is 0.900. The average molecular weight is 359 g/mol. The van der Waals surface area contributed by atoms with Crippen LogP contribution in [0.2, 0.25) is 5.02 Å². The standard InChI is InChI=1S/C16H21BrClNO/c1-11(2)19(10-12-3-4-12)8-7-16(20)14-6-5-13(17)9-15(14)18/h5-6,9,11-12H,3-4,7-8,10H2,1-2H3. The number of rotatable bonds is 7. The molecule has 0 heterocycles. The molecule has 20 heavy (non-hydrogen) atoms. The number of ketones is 1. The molecule has 1 fully saturated rings. The van der Waals surface area contributed by atoms with Gasteiger partial charge in [-0.3, -0.25) is 4.79 Å². The SMILES string of the molecule is CC(C)N(CCC(=O)c1ccc(Br)cc1Cl)CC1CC1. The Hall–Kier alpha value is -0.380. The van der Waals surface area contributed by atoms with Crippen LogP contribution in [0.4, 0.5) is 0 Å². The second kappa shape index (κ2) is 7.06. The van der Waals surface area contributed by atoms with E-state index < -0.39 is 0 Å². The lowest BCUT2D eigenvalue weighted by atomic mass is 10.1. The number of hydrogen-bond donors (Lipinski definition) is 0. The van der Waals surface area contributed by atoms with Crippen LogP contribution in [0.3, 0.4) is 0 Å². The van der Waals surface area contributed by atoms with Crippen LogP contribution in [0, 0.1) is 5.92 Å². The molecule has 0 atom stereocenters. The zero-order valence-electron chi connectivity index (χ0n) is 12.0. The van der Waals surface area contributed by atoms with Crippen molar-refractivity contribution in [3.05, 3.63) is 33.3 Å². The van der Waals surface area contributed by atoms with Crippen molar-refractivity contribution in [3.63, 3.8) is 0 Å². The van der Waals surface area contributed by atoms with E-state index in [0.717, 1.165) is 23.5 Å². The van der Waals surface area contributed by atoms with Crippen LogP contribution < -0.4 is 0 Å². The van der Waals surface area contributed by atoms with Crippen molar-refractivity contribution in [1.29, 1.82) is 0 Å². The summed E-state index contributed by atoms with van der Waals surface area (Å²) in [5, 5.41) is 0.530. The molecule has 0 radical (unpaired) electrons. The molecule has 1 saturated carbocycles. The molecule has 2 rings (SSSR count). The minimum atomic E-state index is 0.129. The molecule has 4 heteroatoms. The van der Waals surface area contributed by atoms with Gasteiger partial charge in [-0.2, -0.15) is 0 Å². The summed E-state index contributed by atoms with van der Waals surface area (Å²) in [5.41, 5.74) is 0.630. The number of hydrogen-bond acceptors (Lipinski definition) is 2. The van der Waals surface area contributed by atoms with Crippen LogP contribution in [-0.2, 0) is 0 Å². The number of nitrogens with zero attached hydrogens (tertiary/aromatic N) is 1. The lowest BCUT2D eigenvalue weighted by molar-refractivity contribution is 0.0953. The third-order valence-electron chi connectivity index (χ3n) is 3.78. The zero-order chi connectivity index (χ0) is 14.7. The van der Waals surface area contributed by atoms with E-state index in [1.807, 2.05) is 6.07 Å². The molecule has 1 aliphatic rings. The van der Waals surface area contributed by atoms with Gasteiger partial charge in [0.15, 0.2) is 5.78 Å². The van der Waals surface area contributed by atoms with Gasteiger partial charge in [-0.1, -0.05) is 27.5 Å². The molecule has 0 aliphatic heterocycles. The van der Waals surface area contributed by atoms with E-state index in [1.165, 1.54) is 12.8 Å². The van der Waals surface area contributed by atoms with Gasteiger partial charge in [0, 0.05) is 35.6 Å². The van der Waals surface area contributed by atoms with Gasteiger partial charge in [-0.15, -0.1) is 0 Å². The van der Waals surface area contributed by atoms with Gasteiger partial charge in [-0.25, -0.2) is 0 Å². The number of benzene rings is 1. The lowest BCUT2D eigenvalue weighted by Gasteiger charge is -2.26. The van der Waals surface area contributed by atoms with Crippen molar-refractivity contribution < 1.29 is 4.79 Å². The first-order valence-electron chi connectivity index (χ1n) is 7.19. The minimum Gasteiger partial charge on any atom is -0.300 e. The summed E-state index contributed by atoms with van der Waals surface area (Å²) in [7, 11) is 0. The number of carbonyl (C=O) groups excluding carboxylic acids is 1. The van der Waals surface area contributed by atoms with Crippen LogP contribution in [0.1, 0.15) is 43.5 Å². The predicted molar refractivity (Wildman–Crippen MR) is 87.5 cm³/mol. The van der Waals surface area contributed by atoms with Gasteiger partial charge in [0.1, 0.15) is 0 Å². The summed E-state index contributed by atoms with van der Waals surface area (Å²) in [4.78, 5) is 14.7. The Morgan fingerprint density at radius 1 is 1.45 bits per heavy atom. The van der Waals surface area contributed by atoms with Gasteiger partial charge < -0.3 is 4.90 Å². The predicted octanol–water partition coefficient (Wildman–Crippen LogP) is 4.80. The number of carbonyl (C=O) groups is 1. The molecular weight excluding hydrogens is 338 g/mol. The van der Waals surface area contributed by atoms with Crippen LogP contribution >= 0.6 is 27.5 Å². The van der Waals surface area contributed by atoms with Crippen molar-refractivity contribution in [2.24, 2.45) is 5.92 Å². The fraction of sp³-hybridized carbons (Fsp3) is 0.562. The molecule has 1 aromatic rings. The Balaban J connectivity index is 1.92. The van der Waals surface area contributed by atoms with Crippen molar-refractivity contribution in [1.82, 2.24) is 4.90 Å². The Kier molecular flexibility index (Phi) is 5.65. The average Bonchev–Trinajstić information content (AvgIpc) is 3.17. The first-order valence-corrected chi connectivity index (χ1v) is 8.36. The molecule has 110 valence electrons. The first kappa shape index (κ1) is 16.0. The molecule has 0 amide bonds. The second-order valence-corrected chi connectivity index (χ2v) is 7.15. The Labute approximate surface area is 134 Å². The van der Waals surface area contributed by atoms with Gasteiger partial charge in [0.25, 0.3) is 0 Å². The highest BCUT2D eigenvalue weighted by Gasteiger charge is 2.25. The summed E-state index contributed by atoms with van der Waals surface area (Å²) in [6, 6.07) is 5.93. The maximum atomic E-state index is 12.3. The van der Waals surface area contributed by atoms with E-state index in [2.05, 4.69) is 34.7 Å². The molecule has 0 spiro atoms. The van der Waals surface area contributed by atoms with E-state index >= 15 is 0 Å². The largest absolute Gasteiger partial charge is 0.300 e. The van der Waals surface area contributed by atoms with Crippen molar-refractivity contribution >= 4 is 33.3 Å². The number of halogens is 2. The van der Waals surface area contributed by atoms with E-state index in [9.17, 15) is 4.79 Å². The highest BCUT2D eigenvalue weighted by molar-refractivity contribution is 9.10. The molecule has 1 aromatic carbocycles. The molecule has 0 N–H and O–H groups in total. The minimum absolute atomic E-state index is 0.129. The maximum absolute atomic E-state index is 12.3. The smallest absolute Gasteiger partial charge is 0.165 e. The fourth-order valence-corrected chi connectivity index (χ4v) is 3.07. The zero-order valence-corrected chi connectivity index (χ0v) is 14.4. The van der Waals surface area contributed by atoms with E-state index in [0.29, 0.717) is 23.0 Å². The third kappa shape index (κ3) is 4.57. The monoisotopic (exact) mass is 357 g/mol. The third-order valence-corrected chi connectivity index (χ3v) is 4.58. The van der Waals surface area contributed by atoms with Gasteiger partial charge in [-0.05, 0) is 50.8 Å². The summed E-state index contributed by atoms with van der Waals surface area (Å²) >= 11 is 9.49. The van der Waals surface area contributed by atoms with Crippen LogP contribution in [0.15, 0.2) is 22.7 Å². The fourth-order valence-electron chi connectivity index (χ4n) is 2.29. The molecular formula is C16H21BrClNO. The van der Waals surface area contributed by atoms with Gasteiger partial charge >= 0.3 is 0 Å². The van der Waals surface area contributed by atoms with Crippen LogP contribution in [0.25, 0.3) is 0 Å². The Morgan fingerprint density at radius 2 is 2.15 bits per heavy atom. The lowest BCUT2D eigenvalue weighted by Crippen LogP contribution is -2.34. The highest BCUT2D eigenvalue weighted by atomic mass is 79.9. The Bertz CT molecular complexity index is 485. The summed E-state index contributed by atoms with van der Waals surface area (Å²) in [6.07, 6.45) is 3.22. The summed E-state index contributed by atoms with van der Waals surface area (Å²) in [6.45, 7) is 6.33. The first-order chi connectivity index (χ1) is 9.47. The second-order valence-electron chi connectivity index (χ2n) is 5.83. The topological polar surface area (TPSA) is 20.3 Å². The van der Waals surface area contributed by atoms with E-state index in [4.69, 9.17) is 11.6 Å². The molecule has 0 unspecified atom stereocenters.